The van der Waals surface area contributed by atoms with Crippen LogP contribution in [0.15, 0.2) is 11.4 Å². The van der Waals surface area contributed by atoms with E-state index in [-0.39, 0.29) is 5.91 Å². The first-order valence-electron chi connectivity index (χ1n) is 5.69. The molecule has 7 heteroatoms. The van der Waals surface area contributed by atoms with Crippen molar-refractivity contribution in [3.8, 4) is 0 Å². The van der Waals surface area contributed by atoms with Crippen LogP contribution in [0.25, 0.3) is 0 Å². The van der Waals surface area contributed by atoms with Crippen LogP contribution < -0.4 is 5.32 Å². The topological polar surface area (TPSA) is 46.9 Å². The largest absolute Gasteiger partial charge is 0.350 e. The van der Waals surface area contributed by atoms with Crippen LogP contribution in [0.3, 0.4) is 0 Å². The minimum atomic E-state index is -0.191. The van der Waals surface area contributed by atoms with Crippen molar-refractivity contribution in [3.05, 3.63) is 38.0 Å². The van der Waals surface area contributed by atoms with E-state index in [0.29, 0.717) is 28.8 Å². The molecule has 0 radical (unpaired) electrons. The minimum absolute atomic E-state index is 0.191. The minimum Gasteiger partial charge on any atom is -0.350 e. The van der Waals surface area contributed by atoms with Crippen molar-refractivity contribution in [3.63, 3.8) is 0 Å². The Bertz CT molecular complexity index is 606. The van der Waals surface area contributed by atoms with Gasteiger partial charge < -0.3 is 9.88 Å². The Hall–Kier alpha value is -1.04. The van der Waals surface area contributed by atoms with Crippen molar-refractivity contribution < 1.29 is 4.79 Å². The predicted molar refractivity (Wildman–Crippen MR) is 78.3 cm³/mol. The van der Waals surface area contributed by atoms with E-state index in [1.54, 1.807) is 29.0 Å². The SMILES string of the molecule is Cc1nc(CCNC(=O)c2cc(Cl)c(Cl)n2C)cs1. The van der Waals surface area contributed by atoms with Crippen LogP contribution in [0.1, 0.15) is 21.2 Å². The molecule has 0 unspecified atom stereocenters. The molecule has 1 N–H and O–H groups in total. The van der Waals surface area contributed by atoms with E-state index >= 15 is 0 Å². The fraction of sp³-hybridized carbons (Fsp3) is 0.333. The molecule has 0 saturated carbocycles. The number of hydrogen-bond acceptors (Lipinski definition) is 3. The maximum atomic E-state index is 12.0. The highest BCUT2D eigenvalue weighted by Gasteiger charge is 2.15. The van der Waals surface area contributed by atoms with Gasteiger partial charge in [0.15, 0.2) is 0 Å². The van der Waals surface area contributed by atoms with Crippen LogP contribution in [0.5, 0.6) is 0 Å². The highest BCUT2D eigenvalue weighted by Crippen LogP contribution is 2.24. The average Bonchev–Trinajstić information content (AvgIpc) is 2.89. The van der Waals surface area contributed by atoms with E-state index in [4.69, 9.17) is 23.2 Å². The standard InChI is InChI=1S/C12H13Cl2N3OS/c1-7-16-8(6-19-7)3-4-15-12(18)10-5-9(13)11(14)17(10)2/h5-6H,3-4H2,1-2H3,(H,15,18). The van der Waals surface area contributed by atoms with Gasteiger partial charge in [0.25, 0.3) is 5.91 Å². The van der Waals surface area contributed by atoms with Crippen LogP contribution in [0, 0.1) is 6.92 Å². The van der Waals surface area contributed by atoms with Gasteiger partial charge in [0.1, 0.15) is 10.8 Å². The van der Waals surface area contributed by atoms with Gasteiger partial charge >= 0.3 is 0 Å². The molecule has 2 heterocycles. The number of amides is 1. The molecular weight excluding hydrogens is 305 g/mol. The Morgan fingerprint density at radius 2 is 2.26 bits per heavy atom. The lowest BCUT2D eigenvalue weighted by Gasteiger charge is -2.05. The molecule has 0 atom stereocenters. The van der Waals surface area contributed by atoms with Crippen LogP contribution >= 0.6 is 34.5 Å². The van der Waals surface area contributed by atoms with Gasteiger partial charge in [-0.1, -0.05) is 23.2 Å². The second-order valence-corrected chi connectivity index (χ2v) is 5.92. The summed E-state index contributed by atoms with van der Waals surface area (Å²) >= 11 is 13.4. The number of nitrogens with one attached hydrogen (secondary N) is 1. The third-order valence-electron chi connectivity index (χ3n) is 2.68. The summed E-state index contributed by atoms with van der Waals surface area (Å²) in [6.45, 7) is 2.49. The third-order valence-corrected chi connectivity index (χ3v) is 4.35. The van der Waals surface area contributed by atoms with E-state index < -0.39 is 0 Å². The molecule has 1 amide bonds. The summed E-state index contributed by atoms with van der Waals surface area (Å²) in [5.74, 6) is -0.191. The second kappa shape index (κ2) is 5.94. The van der Waals surface area contributed by atoms with Crippen LogP contribution in [0.4, 0.5) is 0 Å². The quantitative estimate of drug-likeness (QED) is 0.942. The van der Waals surface area contributed by atoms with Crippen molar-refractivity contribution in [1.29, 1.82) is 0 Å². The number of thiazole rings is 1. The normalized spacial score (nSPS) is 10.7. The molecule has 2 aromatic heterocycles. The number of hydrogen-bond donors (Lipinski definition) is 1. The number of carbonyl (C=O) groups is 1. The van der Waals surface area contributed by atoms with Gasteiger partial charge in [-0.25, -0.2) is 4.98 Å². The summed E-state index contributed by atoms with van der Waals surface area (Å²) in [4.78, 5) is 16.3. The van der Waals surface area contributed by atoms with Gasteiger partial charge in [-0.2, -0.15) is 0 Å². The maximum Gasteiger partial charge on any atom is 0.268 e. The smallest absolute Gasteiger partial charge is 0.268 e. The van der Waals surface area contributed by atoms with E-state index in [1.807, 2.05) is 12.3 Å². The van der Waals surface area contributed by atoms with E-state index in [2.05, 4.69) is 10.3 Å². The average molecular weight is 318 g/mol. The van der Waals surface area contributed by atoms with Crippen molar-refractivity contribution in [2.24, 2.45) is 7.05 Å². The van der Waals surface area contributed by atoms with Gasteiger partial charge in [-0.15, -0.1) is 11.3 Å². The van der Waals surface area contributed by atoms with Crippen molar-refractivity contribution >= 4 is 40.4 Å². The number of aromatic nitrogens is 2. The Labute approximate surface area is 125 Å². The van der Waals surface area contributed by atoms with Crippen LogP contribution in [-0.4, -0.2) is 22.0 Å². The third kappa shape index (κ3) is 3.29. The first kappa shape index (κ1) is 14.4. The van der Waals surface area contributed by atoms with Gasteiger partial charge in [0, 0.05) is 25.4 Å². The molecular formula is C12H13Cl2N3OS. The van der Waals surface area contributed by atoms with Crippen LogP contribution in [0.2, 0.25) is 10.2 Å². The molecule has 0 aliphatic heterocycles. The second-order valence-electron chi connectivity index (χ2n) is 4.09. The van der Waals surface area contributed by atoms with E-state index in [0.717, 1.165) is 10.7 Å². The summed E-state index contributed by atoms with van der Waals surface area (Å²) in [5, 5.41) is 6.60. The molecule has 0 aromatic carbocycles. The Morgan fingerprint density at radius 3 is 2.79 bits per heavy atom. The fourth-order valence-electron chi connectivity index (χ4n) is 1.68. The summed E-state index contributed by atoms with van der Waals surface area (Å²) in [7, 11) is 1.70. The Kier molecular flexibility index (Phi) is 4.50. The van der Waals surface area contributed by atoms with Crippen LogP contribution in [-0.2, 0) is 13.5 Å². The van der Waals surface area contributed by atoms with Crippen molar-refractivity contribution in [2.45, 2.75) is 13.3 Å². The number of nitrogens with zero attached hydrogens (tertiary/aromatic N) is 2. The molecule has 0 saturated heterocycles. The van der Waals surface area contributed by atoms with Crippen molar-refractivity contribution in [2.75, 3.05) is 6.54 Å². The number of halogens is 2. The van der Waals surface area contributed by atoms with Crippen molar-refractivity contribution in [1.82, 2.24) is 14.9 Å². The monoisotopic (exact) mass is 317 g/mol. The molecule has 19 heavy (non-hydrogen) atoms. The lowest BCUT2D eigenvalue weighted by Crippen LogP contribution is -2.27. The Morgan fingerprint density at radius 1 is 1.53 bits per heavy atom. The maximum absolute atomic E-state index is 12.0. The van der Waals surface area contributed by atoms with E-state index in [9.17, 15) is 4.79 Å². The molecule has 0 spiro atoms. The van der Waals surface area contributed by atoms with Gasteiger partial charge in [0.2, 0.25) is 0 Å². The lowest BCUT2D eigenvalue weighted by atomic mass is 10.3. The Balaban J connectivity index is 1.92. The zero-order valence-corrected chi connectivity index (χ0v) is 12.9. The molecule has 102 valence electrons. The predicted octanol–water partition coefficient (Wildman–Crippen LogP) is 3.07. The fourth-order valence-corrected chi connectivity index (χ4v) is 2.70. The first-order chi connectivity index (χ1) is 8.99. The molecule has 2 rings (SSSR count). The zero-order chi connectivity index (χ0) is 14.0. The summed E-state index contributed by atoms with van der Waals surface area (Å²) in [6.07, 6.45) is 0.710. The highest BCUT2D eigenvalue weighted by atomic mass is 35.5. The molecule has 0 fully saturated rings. The molecule has 2 aromatic rings. The van der Waals surface area contributed by atoms with Gasteiger partial charge in [-0.05, 0) is 13.0 Å². The van der Waals surface area contributed by atoms with Gasteiger partial charge in [-0.3, -0.25) is 4.79 Å². The lowest BCUT2D eigenvalue weighted by molar-refractivity contribution is 0.0946. The molecule has 0 aliphatic carbocycles. The first-order valence-corrected chi connectivity index (χ1v) is 7.32. The number of carbonyl (C=O) groups excluding carboxylic acids is 1. The summed E-state index contributed by atoms with van der Waals surface area (Å²) in [5.41, 5.74) is 1.44. The number of rotatable bonds is 4. The molecule has 4 nitrogen and oxygen atoms in total. The molecule has 0 bridgehead atoms. The summed E-state index contributed by atoms with van der Waals surface area (Å²) < 4.78 is 1.56. The van der Waals surface area contributed by atoms with Gasteiger partial charge in [0.05, 0.1) is 15.7 Å². The zero-order valence-electron chi connectivity index (χ0n) is 10.5. The molecule has 0 aliphatic rings. The van der Waals surface area contributed by atoms with E-state index in [1.165, 1.54) is 0 Å². The summed E-state index contributed by atoms with van der Waals surface area (Å²) in [6, 6.07) is 1.56. The number of aryl methyl sites for hydroxylation is 1. The highest BCUT2D eigenvalue weighted by molar-refractivity contribution is 7.09.